The van der Waals surface area contributed by atoms with E-state index in [1.54, 1.807) is 5.32 Å². The monoisotopic (exact) mass is 253 g/mol. The maximum Gasteiger partial charge on any atom is 0.471 e. The van der Waals surface area contributed by atoms with Gasteiger partial charge in [-0.15, -0.1) is 0 Å². The molecule has 0 spiro atoms. The summed E-state index contributed by atoms with van der Waals surface area (Å²) in [5, 5.41) is 1.59. The first-order valence-electron chi connectivity index (χ1n) is 4.59. The van der Waals surface area contributed by atoms with Crippen molar-refractivity contribution in [2.75, 3.05) is 6.54 Å². The van der Waals surface area contributed by atoms with Crippen LogP contribution in [-0.2, 0) is 11.2 Å². The van der Waals surface area contributed by atoms with Crippen LogP contribution in [0.3, 0.4) is 0 Å². The van der Waals surface area contributed by atoms with Crippen LogP contribution in [0.4, 0.5) is 22.0 Å². The third kappa shape index (κ3) is 4.01. The van der Waals surface area contributed by atoms with E-state index in [-0.39, 0.29) is 18.5 Å². The Balaban J connectivity index is 2.49. The van der Waals surface area contributed by atoms with Gasteiger partial charge in [-0.2, -0.15) is 13.2 Å². The molecule has 0 bridgehead atoms. The molecule has 0 saturated heterocycles. The molecule has 1 N–H and O–H groups in total. The average molecular weight is 253 g/mol. The molecule has 94 valence electrons. The first-order chi connectivity index (χ1) is 7.80. The second-order valence-corrected chi connectivity index (χ2v) is 3.24. The molecule has 1 aromatic rings. The second kappa shape index (κ2) is 5.11. The molecule has 2 nitrogen and oxygen atoms in total. The molecule has 0 saturated carbocycles. The molecule has 0 fully saturated rings. The smallest absolute Gasteiger partial charge is 0.348 e. The lowest BCUT2D eigenvalue weighted by Gasteiger charge is -2.08. The van der Waals surface area contributed by atoms with Gasteiger partial charge in [0.05, 0.1) is 0 Å². The van der Waals surface area contributed by atoms with E-state index in [0.717, 1.165) is 12.1 Å². The number of hydrogen-bond donors (Lipinski definition) is 1. The van der Waals surface area contributed by atoms with Crippen LogP contribution in [0.15, 0.2) is 18.2 Å². The summed E-state index contributed by atoms with van der Waals surface area (Å²) < 4.78 is 60.8. The Hall–Kier alpha value is -1.66. The van der Waals surface area contributed by atoms with Crippen LogP contribution in [0.5, 0.6) is 0 Å². The zero-order valence-corrected chi connectivity index (χ0v) is 8.44. The number of rotatable bonds is 3. The highest BCUT2D eigenvalue weighted by Crippen LogP contribution is 2.14. The Bertz CT molecular complexity index is 416. The largest absolute Gasteiger partial charge is 0.471 e. The Kier molecular flexibility index (Phi) is 4.03. The topological polar surface area (TPSA) is 29.1 Å². The number of carbonyl (C=O) groups is 1. The summed E-state index contributed by atoms with van der Waals surface area (Å²) in [6, 6.07) is 2.73. The van der Waals surface area contributed by atoms with Gasteiger partial charge in [-0.1, -0.05) is 6.07 Å². The fourth-order valence-corrected chi connectivity index (χ4v) is 1.14. The second-order valence-electron chi connectivity index (χ2n) is 3.24. The minimum absolute atomic E-state index is 0.0360. The number of halogens is 5. The average Bonchev–Trinajstić information content (AvgIpc) is 2.19. The van der Waals surface area contributed by atoms with E-state index < -0.39 is 23.7 Å². The van der Waals surface area contributed by atoms with Gasteiger partial charge in [0.15, 0.2) is 0 Å². The third-order valence-corrected chi connectivity index (χ3v) is 1.95. The van der Waals surface area contributed by atoms with Gasteiger partial charge < -0.3 is 5.32 Å². The van der Waals surface area contributed by atoms with E-state index in [1.165, 1.54) is 0 Å². The third-order valence-electron chi connectivity index (χ3n) is 1.95. The van der Waals surface area contributed by atoms with Crippen LogP contribution >= 0.6 is 0 Å². The molecule has 7 heteroatoms. The maximum absolute atomic E-state index is 13.0. The minimum Gasteiger partial charge on any atom is -0.348 e. The van der Waals surface area contributed by atoms with Gasteiger partial charge in [-0.3, -0.25) is 4.79 Å². The van der Waals surface area contributed by atoms with E-state index >= 15 is 0 Å². The zero-order chi connectivity index (χ0) is 13.1. The quantitative estimate of drug-likeness (QED) is 0.822. The molecule has 1 rings (SSSR count). The van der Waals surface area contributed by atoms with Crippen LogP contribution in [0.25, 0.3) is 0 Å². The molecule has 0 aliphatic carbocycles. The number of carbonyl (C=O) groups excluding carboxylic acids is 1. The molecule has 0 aromatic heterocycles. The molecule has 0 aliphatic rings. The van der Waals surface area contributed by atoms with Crippen molar-refractivity contribution in [1.82, 2.24) is 5.32 Å². The maximum atomic E-state index is 13.0. The molecule has 0 atom stereocenters. The molecule has 0 radical (unpaired) electrons. The Labute approximate surface area is 93.4 Å². The Morgan fingerprint density at radius 1 is 1.24 bits per heavy atom. The fraction of sp³-hybridized carbons (Fsp3) is 0.300. The van der Waals surface area contributed by atoms with Crippen molar-refractivity contribution in [2.24, 2.45) is 0 Å². The standard InChI is InChI=1S/C10H8F5NO/c11-7-2-1-6(8(12)5-7)3-4-16-9(17)10(13,14)15/h1-2,5H,3-4H2,(H,16,17). The van der Waals surface area contributed by atoms with E-state index in [1.807, 2.05) is 0 Å². The zero-order valence-electron chi connectivity index (χ0n) is 8.44. The molecular weight excluding hydrogens is 245 g/mol. The molecule has 17 heavy (non-hydrogen) atoms. The highest BCUT2D eigenvalue weighted by atomic mass is 19.4. The summed E-state index contributed by atoms with van der Waals surface area (Å²) in [6.45, 7) is -0.374. The van der Waals surface area contributed by atoms with Crippen LogP contribution in [0.2, 0.25) is 0 Å². The van der Waals surface area contributed by atoms with E-state index in [9.17, 15) is 26.7 Å². The van der Waals surface area contributed by atoms with E-state index in [0.29, 0.717) is 6.07 Å². The highest BCUT2D eigenvalue weighted by molar-refractivity contribution is 5.81. The lowest BCUT2D eigenvalue weighted by atomic mass is 10.1. The van der Waals surface area contributed by atoms with Gasteiger partial charge in [0.25, 0.3) is 0 Å². The van der Waals surface area contributed by atoms with Crippen molar-refractivity contribution in [3.05, 3.63) is 35.4 Å². The lowest BCUT2D eigenvalue weighted by Crippen LogP contribution is -2.37. The summed E-state index contributed by atoms with van der Waals surface area (Å²) >= 11 is 0. The van der Waals surface area contributed by atoms with Gasteiger partial charge in [-0.05, 0) is 18.1 Å². The summed E-state index contributed by atoms with van der Waals surface area (Å²) in [6.07, 6.45) is -5.10. The molecule has 0 heterocycles. The van der Waals surface area contributed by atoms with Crippen molar-refractivity contribution >= 4 is 5.91 Å². The molecule has 0 unspecified atom stereocenters. The first kappa shape index (κ1) is 13.4. The van der Waals surface area contributed by atoms with Crippen molar-refractivity contribution in [3.63, 3.8) is 0 Å². The van der Waals surface area contributed by atoms with Crippen LogP contribution in [0.1, 0.15) is 5.56 Å². The first-order valence-corrected chi connectivity index (χ1v) is 4.59. The molecule has 1 aromatic carbocycles. The van der Waals surface area contributed by atoms with Crippen LogP contribution in [-0.4, -0.2) is 18.6 Å². The Morgan fingerprint density at radius 3 is 2.41 bits per heavy atom. The summed E-state index contributed by atoms with van der Waals surface area (Å²) in [7, 11) is 0. The van der Waals surface area contributed by atoms with E-state index in [4.69, 9.17) is 0 Å². The normalized spacial score (nSPS) is 11.4. The predicted molar refractivity (Wildman–Crippen MR) is 49.1 cm³/mol. The van der Waals surface area contributed by atoms with E-state index in [2.05, 4.69) is 0 Å². The fourth-order valence-electron chi connectivity index (χ4n) is 1.14. The van der Waals surface area contributed by atoms with Gasteiger partial charge in [0, 0.05) is 12.6 Å². The minimum atomic E-state index is -4.96. The van der Waals surface area contributed by atoms with Gasteiger partial charge in [-0.25, -0.2) is 8.78 Å². The highest BCUT2D eigenvalue weighted by Gasteiger charge is 2.38. The number of alkyl halides is 3. The van der Waals surface area contributed by atoms with Crippen molar-refractivity contribution in [2.45, 2.75) is 12.6 Å². The SMILES string of the molecule is O=C(NCCc1ccc(F)cc1F)C(F)(F)F. The summed E-state index contributed by atoms with van der Waals surface area (Å²) in [4.78, 5) is 10.4. The van der Waals surface area contributed by atoms with Gasteiger partial charge in [0.2, 0.25) is 0 Å². The summed E-state index contributed by atoms with van der Waals surface area (Å²) in [5.74, 6) is -3.71. The predicted octanol–water partition coefficient (Wildman–Crippen LogP) is 2.19. The molecule has 0 aliphatic heterocycles. The molecular formula is C10H8F5NO. The van der Waals surface area contributed by atoms with Crippen molar-refractivity contribution < 1.29 is 26.7 Å². The number of hydrogen-bond acceptors (Lipinski definition) is 1. The summed E-state index contributed by atoms with van der Waals surface area (Å²) in [5.41, 5.74) is 0.0360. The van der Waals surface area contributed by atoms with Crippen molar-refractivity contribution in [3.8, 4) is 0 Å². The van der Waals surface area contributed by atoms with Gasteiger partial charge >= 0.3 is 12.1 Å². The number of benzene rings is 1. The Morgan fingerprint density at radius 2 is 1.88 bits per heavy atom. The van der Waals surface area contributed by atoms with Crippen molar-refractivity contribution in [1.29, 1.82) is 0 Å². The van der Waals surface area contributed by atoms with Gasteiger partial charge in [0.1, 0.15) is 11.6 Å². The number of amides is 1. The molecule has 1 amide bonds. The lowest BCUT2D eigenvalue weighted by molar-refractivity contribution is -0.173. The number of nitrogens with one attached hydrogen (secondary N) is 1. The van der Waals surface area contributed by atoms with Crippen LogP contribution in [0, 0.1) is 11.6 Å². The van der Waals surface area contributed by atoms with Crippen LogP contribution < -0.4 is 5.32 Å².